The number of rotatable bonds is 9. The standard InChI is InChI=1S/C19H30N2/c1-3-5-6-10-13-19-20(14-4-2)15-16-21(19)17-18-11-8-7-9-12-18/h7-9,11-12,15-16,19H,3-6,10,13-14,17H2,1-2H3. The van der Waals surface area contributed by atoms with Crippen molar-refractivity contribution in [3.63, 3.8) is 0 Å². The zero-order chi connectivity index (χ0) is 14.9. The molecule has 1 aromatic rings. The number of benzene rings is 1. The van der Waals surface area contributed by atoms with Crippen LogP contribution in [0.4, 0.5) is 0 Å². The van der Waals surface area contributed by atoms with Crippen LogP contribution in [-0.4, -0.2) is 22.5 Å². The van der Waals surface area contributed by atoms with Crippen molar-refractivity contribution in [2.45, 2.75) is 65.1 Å². The van der Waals surface area contributed by atoms with E-state index in [0.717, 1.165) is 6.54 Å². The fraction of sp³-hybridized carbons (Fsp3) is 0.579. The maximum atomic E-state index is 2.52. The SMILES string of the molecule is CCCCCCC1N(CCC)C=CN1Cc1ccccc1. The zero-order valence-electron chi connectivity index (χ0n) is 13.7. The van der Waals surface area contributed by atoms with E-state index >= 15 is 0 Å². The average Bonchev–Trinajstić information content (AvgIpc) is 2.87. The van der Waals surface area contributed by atoms with E-state index in [0.29, 0.717) is 6.17 Å². The Morgan fingerprint density at radius 2 is 1.62 bits per heavy atom. The van der Waals surface area contributed by atoms with Crippen molar-refractivity contribution < 1.29 is 0 Å². The third-order valence-electron chi connectivity index (χ3n) is 4.22. The molecule has 0 spiro atoms. The van der Waals surface area contributed by atoms with Gasteiger partial charge in [-0.2, -0.15) is 0 Å². The maximum Gasteiger partial charge on any atom is 0.101 e. The van der Waals surface area contributed by atoms with Gasteiger partial charge in [0, 0.05) is 25.5 Å². The van der Waals surface area contributed by atoms with Crippen LogP contribution in [0.2, 0.25) is 0 Å². The molecule has 0 saturated heterocycles. The fourth-order valence-corrected chi connectivity index (χ4v) is 3.08. The minimum Gasteiger partial charge on any atom is -0.356 e. The van der Waals surface area contributed by atoms with Gasteiger partial charge in [0.25, 0.3) is 0 Å². The molecule has 1 unspecified atom stereocenters. The van der Waals surface area contributed by atoms with E-state index in [1.165, 1.54) is 50.6 Å². The summed E-state index contributed by atoms with van der Waals surface area (Å²) in [5, 5.41) is 0. The highest BCUT2D eigenvalue weighted by atomic mass is 15.4. The van der Waals surface area contributed by atoms with Gasteiger partial charge in [0.2, 0.25) is 0 Å². The molecular weight excluding hydrogens is 256 g/mol. The van der Waals surface area contributed by atoms with Gasteiger partial charge in [0.15, 0.2) is 0 Å². The molecule has 21 heavy (non-hydrogen) atoms. The molecule has 2 nitrogen and oxygen atoms in total. The summed E-state index contributed by atoms with van der Waals surface area (Å²) in [5.41, 5.74) is 1.40. The molecule has 0 fully saturated rings. The first-order valence-electron chi connectivity index (χ1n) is 8.59. The Morgan fingerprint density at radius 1 is 0.857 bits per heavy atom. The number of unbranched alkanes of at least 4 members (excludes halogenated alkanes) is 3. The molecule has 1 heterocycles. The van der Waals surface area contributed by atoms with Gasteiger partial charge >= 0.3 is 0 Å². The lowest BCUT2D eigenvalue weighted by Gasteiger charge is -2.33. The van der Waals surface area contributed by atoms with Crippen LogP contribution in [0.15, 0.2) is 42.7 Å². The fourth-order valence-electron chi connectivity index (χ4n) is 3.08. The lowest BCUT2D eigenvalue weighted by Crippen LogP contribution is -2.38. The topological polar surface area (TPSA) is 6.48 Å². The Labute approximate surface area is 130 Å². The van der Waals surface area contributed by atoms with Crippen LogP contribution in [0, 0.1) is 0 Å². The molecule has 0 aromatic heterocycles. The van der Waals surface area contributed by atoms with Gasteiger partial charge in [-0.05, 0) is 24.8 Å². The second kappa shape index (κ2) is 8.76. The summed E-state index contributed by atoms with van der Waals surface area (Å²) in [6, 6.07) is 10.8. The quantitative estimate of drug-likeness (QED) is 0.591. The Bertz CT molecular complexity index is 413. The number of hydrogen-bond donors (Lipinski definition) is 0. The summed E-state index contributed by atoms with van der Waals surface area (Å²) in [6.45, 7) is 6.74. The van der Waals surface area contributed by atoms with Crippen LogP contribution in [0.1, 0.15) is 57.9 Å². The highest BCUT2D eigenvalue weighted by Crippen LogP contribution is 2.23. The third-order valence-corrected chi connectivity index (χ3v) is 4.22. The van der Waals surface area contributed by atoms with E-state index < -0.39 is 0 Å². The van der Waals surface area contributed by atoms with Gasteiger partial charge < -0.3 is 9.80 Å². The molecule has 1 aliphatic heterocycles. The molecule has 1 atom stereocenters. The van der Waals surface area contributed by atoms with Gasteiger partial charge in [-0.3, -0.25) is 0 Å². The highest BCUT2D eigenvalue weighted by molar-refractivity contribution is 5.15. The van der Waals surface area contributed by atoms with Crippen molar-refractivity contribution >= 4 is 0 Å². The molecule has 0 saturated carbocycles. The van der Waals surface area contributed by atoms with Gasteiger partial charge in [0.05, 0.1) is 0 Å². The van der Waals surface area contributed by atoms with Crippen molar-refractivity contribution in [3.05, 3.63) is 48.3 Å². The van der Waals surface area contributed by atoms with Gasteiger partial charge in [0.1, 0.15) is 6.17 Å². The predicted octanol–water partition coefficient (Wildman–Crippen LogP) is 4.98. The minimum absolute atomic E-state index is 0.557. The Hall–Kier alpha value is -1.44. The van der Waals surface area contributed by atoms with Crippen LogP contribution in [0.25, 0.3) is 0 Å². The first kappa shape index (κ1) is 15.9. The number of hydrogen-bond acceptors (Lipinski definition) is 2. The molecule has 0 radical (unpaired) electrons. The van der Waals surface area contributed by atoms with E-state index in [2.05, 4.69) is 66.4 Å². The number of nitrogens with zero attached hydrogens (tertiary/aromatic N) is 2. The molecular formula is C19H30N2. The second-order valence-electron chi connectivity index (χ2n) is 6.02. The molecule has 0 N–H and O–H groups in total. The van der Waals surface area contributed by atoms with Crippen molar-refractivity contribution in [1.82, 2.24) is 9.80 Å². The van der Waals surface area contributed by atoms with E-state index in [1.807, 2.05) is 0 Å². The summed E-state index contributed by atoms with van der Waals surface area (Å²) in [7, 11) is 0. The van der Waals surface area contributed by atoms with E-state index in [4.69, 9.17) is 0 Å². The maximum absolute atomic E-state index is 2.52. The monoisotopic (exact) mass is 286 g/mol. The molecule has 2 rings (SSSR count). The molecule has 0 amide bonds. The Kier molecular flexibility index (Phi) is 6.65. The predicted molar refractivity (Wildman–Crippen MR) is 90.7 cm³/mol. The van der Waals surface area contributed by atoms with E-state index in [1.54, 1.807) is 0 Å². The van der Waals surface area contributed by atoms with Gasteiger partial charge in [-0.25, -0.2) is 0 Å². The van der Waals surface area contributed by atoms with Gasteiger partial charge in [-0.1, -0.05) is 63.4 Å². The van der Waals surface area contributed by atoms with E-state index in [9.17, 15) is 0 Å². The first-order valence-corrected chi connectivity index (χ1v) is 8.59. The van der Waals surface area contributed by atoms with Crippen LogP contribution in [0.3, 0.4) is 0 Å². The largest absolute Gasteiger partial charge is 0.356 e. The summed E-state index contributed by atoms with van der Waals surface area (Å²) >= 11 is 0. The first-order chi connectivity index (χ1) is 10.3. The van der Waals surface area contributed by atoms with Gasteiger partial charge in [-0.15, -0.1) is 0 Å². The summed E-state index contributed by atoms with van der Waals surface area (Å²) < 4.78 is 0. The third kappa shape index (κ3) is 4.80. The Morgan fingerprint density at radius 3 is 2.33 bits per heavy atom. The Balaban J connectivity index is 1.92. The van der Waals surface area contributed by atoms with Crippen molar-refractivity contribution in [2.75, 3.05) is 6.54 Å². The molecule has 116 valence electrons. The molecule has 2 heteroatoms. The van der Waals surface area contributed by atoms with Crippen LogP contribution in [0.5, 0.6) is 0 Å². The molecule has 0 bridgehead atoms. The lowest BCUT2D eigenvalue weighted by molar-refractivity contribution is 0.134. The minimum atomic E-state index is 0.557. The highest BCUT2D eigenvalue weighted by Gasteiger charge is 2.24. The van der Waals surface area contributed by atoms with Crippen LogP contribution in [-0.2, 0) is 6.54 Å². The summed E-state index contributed by atoms with van der Waals surface area (Å²) in [4.78, 5) is 5.03. The zero-order valence-corrected chi connectivity index (χ0v) is 13.7. The normalized spacial score (nSPS) is 17.7. The smallest absolute Gasteiger partial charge is 0.101 e. The molecule has 1 aliphatic rings. The summed E-state index contributed by atoms with van der Waals surface area (Å²) in [5.74, 6) is 0. The second-order valence-corrected chi connectivity index (χ2v) is 6.02. The van der Waals surface area contributed by atoms with Crippen molar-refractivity contribution in [3.8, 4) is 0 Å². The van der Waals surface area contributed by atoms with Crippen LogP contribution < -0.4 is 0 Å². The van der Waals surface area contributed by atoms with Crippen molar-refractivity contribution in [1.29, 1.82) is 0 Å². The molecule has 0 aliphatic carbocycles. The molecule has 1 aromatic carbocycles. The van der Waals surface area contributed by atoms with E-state index in [-0.39, 0.29) is 0 Å². The lowest BCUT2D eigenvalue weighted by atomic mass is 10.1. The summed E-state index contributed by atoms with van der Waals surface area (Å²) in [6.07, 6.45) is 13.0. The van der Waals surface area contributed by atoms with Crippen LogP contribution >= 0.6 is 0 Å². The van der Waals surface area contributed by atoms with Crippen molar-refractivity contribution in [2.24, 2.45) is 0 Å². The average molecular weight is 286 g/mol.